The molecule has 0 bridgehead atoms. The van der Waals surface area contributed by atoms with E-state index in [9.17, 15) is 0 Å². The number of ether oxygens (including phenoxy) is 1. The third-order valence-corrected chi connectivity index (χ3v) is 3.43. The average molecular weight is 267 g/mol. The van der Waals surface area contributed by atoms with Gasteiger partial charge in [0.1, 0.15) is 12.1 Å². The van der Waals surface area contributed by atoms with Gasteiger partial charge >= 0.3 is 0 Å². The van der Waals surface area contributed by atoms with Crippen molar-refractivity contribution < 1.29 is 4.74 Å². The minimum absolute atomic E-state index is 0.123. The Kier molecular flexibility index (Phi) is 3.16. The zero-order valence-corrected chi connectivity index (χ0v) is 11.6. The number of fused-ring (bicyclic) bond motifs is 1. The van der Waals surface area contributed by atoms with Crippen LogP contribution in [0.5, 0.6) is 5.75 Å². The van der Waals surface area contributed by atoms with Crippen molar-refractivity contribution in [2.24, 2.45) is 5.73 Å². The molecule has 0 aliphatic carbocycles. The number of para-hydroxylation sites is 2. The highest BCUT2D eigenvalue weighted by Crippen LogP contribution is 2.31. The summed E-state index contributed by atoms with van der Waals surface area (Å²) in [5.41, 5.74) is 10.1. The summed E-state index contributed by atoms with van der Waals surface area (Å²) in [5.74, 6) is 0.801. The Bertz CT molecular complexity index is 746. The number of imidazole rings is 1. The third-order valence-electron chi connectivity index (χ3n) is 3.43. The molecule has 2 N–H and O–H groups in total. The molecule has 1 atom stereocenters. The molecule has 0 fully saturated rings. The van der Waals surface area contributed by atoms with Crippen LogP contribution in [0.4, 0.5) is 0 Å². The second-order valence-electron chi connectivity index (χ2n) is 4.79. The predicted octanol–water partition coefficient (Wildman–Crippen LogP) is 3.05. The lowest BCUT2D eigenvalue weighted by Crippen LogP contribution is -2.11. The maximum Gasteiger partial charge on any atom is 0.125 e. The molecule has 0 spiro atoms. The molecule has 20 heavy (non-hydrogen) atoms. The summed E-state index contributed by atoms with van der Waals surface area (Å²) in [6.45, 7) is 1.96. The van der Waals surface area contributed by atoms with E-state index in [4.69, 9.17) is 10.5 Å². The first-order valence-electron chi connectivity index (χ1n) is 6.57. The average Bonchev–Trinajstić information content (AvgIpc) is 2.90. The molecule has 1 unspecified atom stereocenters. The first-order chi connectivity index (χ1) is 9.72. The molecule has 3 aromatic rings. The molecule has 4 nitrogen and oxygen atoms in total. The van der Waals surface area contributed by atoms with Crippen LogP contribution in [0.1, 0.15) is 18.5 Å². The van der Waals surface area contributed by atoms with Gasteiger partial charge in [0.2, 0.25) is 0 Å². The fourth-order valence-corrected chi connectivity index (χ4v) is 2.53. The topological polar surface area (TPSA) is 53.1 Å². The quantitative estimate of drug-likeness (QED) is 0.793. The van der Waals surface area contributed by atoms with Crippen LogP contribution in [-0.2, 0) is 0 Å². The van der Waals surface area contributed by atoms with Gasteiger partial charge in [0, 0.05) is 11.6 Å². The molecular weight excluding hydrogens is 250 g/mol. The van der Waals surface area contributed by atoms with Gasteiger partial charge in [-0.3, -0.25) is 4.57 Å². The van der Waals surface area contributed by atoms with Crippen LogP contribution >= 0.6 is 0 Å². The molecule has 2 aromatic carbocycles. The molecule has 0 saturated carbocycles. The van der Waals surface area contributed by atoms with E-state index < -0.39 is 0 Å². The van der Waals surface area contributed by atoms with Crippen molar-refractivity contribution in [3.63, 3.8) is 0 Å². The second kappa shape index (κ2) is 4.98. The summed E-state index contributed by atoms with van der Waals surface area (Å²) in [4.78, 5) is 4.43. The Morgan fingerprint density at radius 2 is 1.95 bits per heavy atom. The van der Waals surface area contributed by atoms with Crippen molar-refractivity contribution in [2.75, 3.05) is 7.11 Å². The molecule has 1 heterocycles. The van der Waals surface area contributed by atoms with Gasteiger partial charge in [0.05, 0.1) is 23.8 Å². The molecule has 0 amide bonds. The van der Waals surface area contributed by atoms with E-state index >= 15 is 0 Å². The Labute approximate surface area is 117 Å². The summed E-state index contributed by atoms with van der Waals surface area (Å²) in [5, 5.41) is 0. The van der Waals surface area contributed by atoms with Crippen LogP contribution in [0.25, 0.3) is 16.7 Å². The van der Waals surface area contributed by atoms with E-state index in [-0.39, 0.29) is 6.04 Å². The van der Waals surface area contributed by atoms with Crippen molar-refractivity contribution >= 4 is 11.0 Å². The molecule has 102 valence electrons. The zero-order chi connectivity index (χ0) is 14.1. The van der Waals surface area contributed by atoms with Gasteiger partial charge in [-0.2, -0.15) is 0 Å². The van der Waals surface area contributed by atoms with Gasteiger partial charge in [-0.15, -0.1) is 0 Å². The SMILES string of the molecule is COc1cccc(-n2cnc3ccccc32)c1C(C)N. The fourth-order valence-electron chi connectivity index (χ4n) is 2.53. The monoisotopic (exact) mass is 267 g/mol. The van der Waals surface area contributed by atoms with E-state index in [1.807, 2.05) is 55.7 Å². The second-order valence-corrected chi connectivity index (χ2v) is 4.79. The normalized spacial score (nSPS) is 12.6. The summed E-state index contributed by atoms with van der Waals surface area (Å²) in [7, 11) is 1.66. The largest absolute Gasteiger partial charge is 0.496 e. The number of aromatic nitrogens is 2. The lowest BCUT2D eigenvalue weighted by molar-refractivity contribution is 0.406. The Hall–Kier alpha value is -2.33. The number of hydrogen-bond acceptors (Lipinski definition) is 3. The standard InChI is InChI=1S/C16H17N3O/c1-11(17)16-14(8-5-9-15(16)20-2)19-10-18-12-6-3-4-7-13(12)19/h3-11H,17H2,1-2H3. The van der Waals surface area contributed by atoms with Crippen molar-refractivity contribution in [1.29, 1.82) is 0 Å². The van der Waals surface area contributed by atoms with Crippen molar-refractivity contribution in [3.05, 3.63) is 54.4 Å². The van der Waals surface area contributed by atoms with E-state index in [1.54, 1.807) is 7.11 Å². The van der Waals surface area contributed by atoms with Crippen LogP contribution in [0, 0.1) is 0 Å². The van der Waals surface area contributed by atoms with E-state index in [1.165, 1.54) is 0 Å². The van der Waals surface area contributed by atoms with Gasteiger partial charge in [-0.1, -0.05) is 18.2 Å². The Morgan fingerprint density at radius 3 is 2.70 bits per heavy atom. The number of hydrogen-bond donors (Lipinski definition) is 1. The first kappa shape index (κ1) is 12.7. The molecule has 1 aromatic heterocycles. The van der Waals surface area contributed by atoms with Gasteiger partial charge in [-0.25, -0.2) is 4.98 Å². The van der Waals surface area contributed by atoms with Crippen molar-refractivity contribution in [1.82, 2.24) is 9.55 Å². The summed E-state index contributed by atoms with van der Waals surface area (Å²) in [6, 6.07) is 13.8. The summed E-state index contributed by atoms with van der Waals surface area (Å²) < 4.78 is 7.50. The van der Waals surface area contributed by atoms with Crippen LogP contribution in [0.2, 0.25) is 0 Å². The molecular formula is C16H17N3O. The van der Waals surface area contributed by atoms with Crippen LogP contribution in [0.15, 0.2) is 48.8 Å². The molecule has 3 rings (SSSR count). The minimum Gasteiger partial charge on any atom is -0.496 e. The summed E-state index contributed by atoms with van der Waals surface area (Å²) in [6.07, 6.45) is 1.82. The van der Waals surface area contributed by atoms with E-state index in [2.05, 4.69) is 9.55 Å². The lowest BCUT2D eigenvalue weighted by atomic mass is 10.0. The first-order valence-corrected chi connectivity index (χ1v) is 6.57. The van der Waals surface area contributed by atoms with Gasteiger partial charge in [-0.05, 0) is 31.2 Å². The van der Waals surface area contributed by atoms with E-state index in [0.717, 1.165) is 28.0 Å². The van der Waals surface area contributed by atoms with Crippen LogP contribution < -0.4 is 10.5 Å². The number of methoxy groups -OCH3 is 1. The molecule has 0 aliphatic rings. The number of nitrogens with zero attached hydrogens (tertiary/aromatic N) is 2. The molecule has 0 saturated heterocycles. The van der Waals surface area contributed by atoms with Gasteiger partial charge < -0.3 is 10.5 Å². The zero-order valence-electron chi connectivity index (χ0n) is 11.6. The predicted molar refractivity (Wildman–Crippen MR) is 80.2 cm³/mol. The highest BCUT2D eigenvalue weighted by atomic mass is 16.5. The molecule has 0 radical (unpaired) electrons. The fraction of sp³-hybridized carbons (Fsp3) is 0.188. The highest BCUT2D eigenvalue weighted by Gasteiger charge is 2.15. The maximum absolute atomic E-state index is 6.13. The number of benzene rings is 2. The van der Waals surface area contributed by atoms with Crippen LogP contribution in [0.3, 0.4) is 0 Å². The highest BCUT2D eigenvalue weighted by molar-refractivity contribution is 5.77. The van der Waals surface area contributed by atoms with Crippen molar-refractivity contribution in [3.8, 4) is 11.4 Å². The minimum atomic E-state index is -0.123. The lowest BCUT2D eigenvalue weighted by Gasteiger charge is -2.17. The van der Waals surface area contributed by atoms with Crippen LogP contribution in [-0.4, -0.2) is 16.7 Å². The third kappa shape index (κ3) is 1.94. The van der Waals surface area contributed by atoms with Gasteiger partial charge in [0.15, 0.2) is 0 Å². The Morgan fingerprint density at radius 1 is 1.15 bits per heavy atom. The van der Waals surface area contributed by atoms with Crippen molar-refractivity contribution in [2.45, 2.75) is 13.0 Å². The number of nitrogens with two attached hydrogens (primary N) is 1. The van der Waals surface area contributed by atoms with E-state index in [0.29, 0.717) is 0 Å². The molecule has 0 aliphatic heterocycles. The Balaban J connectivity index is 2.29. The summed E-state index contributed by atoms with van der Waals surface area (Å²) >= 11 is 0. The smallest absolute Gasteiger partial charge is 0.125 e. The maximum atomic E-state index is 6.13. The molecule has 4 heteroatoms. The number of rotatable bonds is 3. The van der Waals surface area contributed by atoms with Gasteiger partial charge in [0.25, 0.3) is 0 Å².